The number of fused-ring (bicyclic) bond motifs is 5. The highest BCUT2D eigenvalue weighted by Gasteiger charge is 2.66. The third-order valence-corrected chi connectivity index (χ3v) is 9.15. The van der Waals surface area contributed by atoms with Crippen molar-refractivity contribution < 1.29 is 15.0 Å². The maximum Gasteiger partial charge on any atom is 0.133 e. The van der Waals surface area contributed by atoms with E-state index in [1.807, 2.05) is 6.92 Å². The first kappa shape index (κ1) is 16.1. The third kappa shape index (κ3) is 1.93. The Bertz CT molecular complexity index is 527. The van der Waals surface area contributed by atoms with Gasteiger partial charge in [-0.25, -0.2) is 0 Å². The molecule has 3 nitrogen and oxygen atoms in total. The van der Waals surface area contributed by atoms with E-state index in [2.05, 4.69) is 13.8 Å². The van der Waals surface area contributed by atoms with E-state index in [1.54, 1.807) is 0 Å². The quantitative estimate of drug-likeness (QED) is 0.720. The van der Waals surface area contributed by atoms with Crippen LogP contribution < -0.4 is 0 Å². The Morgan fingerprint density at radius 1 is 1.04 bits per heavy atom. The van der Waals surface area contributed by atoms with Gasteiger partial charge >= 0.3 is 0 Å². The summed E-state index contributed by atoms with van der Waals surface area (Å²) in [6.07, 6.45) is 7.29. The molecule has 0 heterocycles. The second-order valence-electron chi connectivity index (χ2n) is 9.75. The fourth-order valence-corrected chi connectivity index (χ4v) is 7.28. The largest absolute Gasteiger partial charge is 0.390 e. The zero-order chi connectivity index (χ0) is 16.6. The first-order chi connectivity index (χ1) is 10.7. The summed E-state index contributed by atoms with van der Waals surface area (Å²) in [4.78, 5) is 11.9. The van der Waals surface area contributed by atoms with E-state index in [-0.39, 0.29) is 5.41 Å². The third-order valence-electron chi connectivity index (χ3n) is 9.15. The summed E-state index contributed by atoms with van der Waals surface area (Å²) in [5, 5.41) is 21.4. The summed E-state index contributed by atoms with van der Waals surface area (Å²) in [7, 11) is 0. The number of rotatable bonds is 0. The van der Waals surface area contributed by atoms with Crippen LogP contribution in [0, 0.1) is 34.5 Å². The molecule has 0 radical (unpaired) electrons. The van der Waals surface area contributed by atoms with E-state index in [4.69, 9.17) is 0 Å². The number of Topliss-reactive ketones (excluding diaryl/α,β-unsaturated/α-hetero) is 1. The normalized spacial score (nSPS) is 59.2. The zero-order valence-electron chi connectivity index (χ0n) is 14.8. The monoisotopic (exact) mass is 320 g/mol. The second kappa shape index (κ2) is 4.82. The fraction of sp³-hybridized carbons (Fsp3) is 0.950. The van der Waals surface area contributed by atoms with E-state index < -0.39 is 11.7 Å². The van der Waals surface area contributed by atoms with Gasteiger partial charge in [-0.3, -0.25) is 4.79 Å². The summed E-state index contributed by atoms with van der Waals surface area (Å²) in [6.45, 7) is 6.50. The molecule has 0 saturated heterocycles. The van der Waals surface area contributed by atoms with Crippen LogP contribution in [0.3, 0.4) is 0 Å². The number of carbonyl (C=O) groups excluding carboxylic acids is 1. The highest BCUT2D eigenvalue weighted by Crippen LogP contribution is 2.67. The number of aliphatic hydroxyl groups is 2. The minimum atomic E-state index is -0.955. The van der Waals surface area contributed by atoms with E-state index in [1.165, 1.54) is 6.42 Å². The van der Waals surface area contributed by atoms with Crippen LogP contribution in [0.25, 0.3) is 0 Å². The lowest BCUT2D eigenvalue weighted by Crippen LogP contribution is -2.56. The Morgan fingerprint density at radius 3 is 2.52 bits per heavy atom. The van der Waals surface area contributed by atoms with E-state index in [0.717, 1.165) is 44.9 Å². The predicted octanol–water partition coefficient (Wildman–Crippen LogP) is 3.32. The number of hydrogen-bond acceptors (Lipinski definition) is 3. The summed E-state index contributed by atoms with van der Waals surface area (Å²) >= 11 is 0. The smallest absolute Gasteiger partial charge is 0.133 e. The van der Waals surface area contributed by atoms with Crippen molar-refractivity contribution in [2.75, 3.05) is 0 Å². The molecule has 3 heteroatoms. The van der Waals surface area contributed by atoms with Crippen LogP contribution in [0.2, 0.25) is 0 Å². The zero-order valence-corrected chi connectivity index (χ0v) is 14.8. The summed E-state index contributed by atoms with van der Waals surface area (Å²) in [5.74, 6) is 2.76. The number of hydrogen-bond donors (Lipinski definition) is 2. The van der Waals surface area contributed by atoms with Crippen LogP contribution in [0.1, 0.15) is 72.1 Å². The number of aliphatic hydroxyl groups excluding tert-OH is 1. The molecule has 23 heavy (non-hydrogen) atoms. The molecular formula is C20H32O3. The maximum atomic E-state index is 11.9. The Hall–Kier alpha value is -0.410. The highest BCUT2D eigenvalue weighted by molar-refractivity contribution is 5.79. The Balaban J connectivity index is 1.66. The van der Waals surface area contributed by atoms with Crippen molar-refractivity contribution in [3.8, 4) is 0 Å². The van der Waals surface area contributed by atoms with Gasteiger partial charge in [0.25, 0.3) is 0 Å². The van der Waals surface area contributed by atoms with Crippen LogP contribution >= 0.6 is 0 Å². The summed E-state index contributed by atoms with van der Waals surface area (Å²) < 4.78 is 0. The Morgan fingerprint density at radius 2 is 1.78 bits per heavy atom. The molecule has 4 aliphatic rings. The van der Waals surface area contributed by atoms with Crippen molar-refractivity contribution in [1.82, 2.24) is 0 Å². The van der Waals surface area contributed by atoms with Gasteiger partial charge < -0.3 is 10.2 Å². The van der Waals surface area contributed by atoms with Crippen LogP contribution in [0.15, 0.2) is 0 Å². The Kier molecular flexibility index (Phi) is 3.37. The topological polar surface area (TPSA) is 57.5 Å². The molecule has 0 aliphatic heterocycles. The Labute approximate surface area is 139 Å². The summed E-state index contributed by atoms with van der Waals surface area (Å²) in [5.41, 5.74) is -0.804. The van der Waals surface area contributed by atoms with E-state index in [0.29, 0.717) is 34.9 Å². The van der Waals surface area contributed by atoms with Crippen LogP contribution in [0.5, 0.6) is 0 Å². The molecule has 130 valence electrons. The predicted molar refractivity (Wildman–Crippen MR) is 88.7 cm³/mol. The van der Waals surface area contributed by atoms with Crippen molar-refractivity contribution >= 4 is 5.78 Å². The van der Waals surface area contributed by atoms with Crippen molar-refractivity contribution in [2.45, 2.75) is 83.8 Å². The van der Waals surface area contributed by atoms with Gasteiger partial charge in [-0.2, -0.15) is 0 Å². The first-order valence-electron chi connectivity index (χ1n) is 9.62. The molecule has 2 N–H and O–H groups in total. The minimum Gasteiger partial charge on any atom is -0.390 e. The van der Waals surface area contributed by atoms with E-state index >= 15 is 0 Å². The van der Waals surface area contributed by atoms with Crippen molar-refractivity contribution in [2.24, 2.45) is 34.5 Å². The fourth-order valence-electron chi connectivity index (χ4n) is 7.28. The van der Waals surface area contributed by atoms with Gasteiger partial charge in [-0.1, -0.05) is 13.8 Å². The van der Waals surface area contributed by atoms with Gasteiger partial charge in [0.1, 0.15) is 5.78 Å². The molecule has 4 aliphatic carbocycles. The number of ketones is 1. The summed E-state index contributed by atoms with van der Waals surface area (Å²) in [6, 6.07) is 0. The van der Waals surface area contributed by atoms with Gasteiger partial charge in [0, 0.05) is 18.3 Å². The molecule has 0 aromatic rings. The molecule has 0 amide bonds. The lowest BCUT2D eigenvalue weighted by Gasteiger charge is -2.60. The van der Waals surface area contributed by atoms with Gasteiger partial charge in [-0.05, 0) is 74.5 Å². The SMILES string of the molecule is CC1(O)C(O)C[C@H]2[C@@H]3CCC4CC(=O)CC[C@]4(C)[C@H]3CC[C@@]21C. The van der Waals surface area contributed by atoms with Gasteiger partial charge in [0.15, 0.2) is 0 Å². The molecular weight excluding hydrogens is 288 g/mol. The van der Waals surface area contributed by atoms with Crippen molar-refractivity contribution in [1.29, 1.82) is 0 Å². The molecule has 4 fully saturated rings. The van der Waals surface area contributed by atoms with Gasteiger partial charge in [-0.15, -0.1) is 0 Å². The molecule has 0 spiro atoms. The lowest BCUT2D eigenvalue weighted by molar-refractivity contribution is -0.162. The maximum absolute atomic E-state index is 11.9. The molecule has 4 saturated carbocycles. The van der Waals surface area contributed by atoms with Crippen LogP contribution in [-0.2, 0) is 4.79 Å². The average Bonchev–Trinajstić information content (AvgIpc) is 2.67. The van der Waals surface area contributed by atoms with Crippen LogP contribution in [0.4, 0.5) is 0 Å². The first-order valence-corrected chi connectivity index (χ1v) is 9.62. The molecule has 0 aromatic heterocycles. The minimum absolute atomic E-state index is 0.152. The standard InChI is InChI=1S/C20H32O3/c1-18-8-6-13(21)10-12(18)4-5-14-15(18)7-9-19(2)16(14)11-17(22)20(19,3)23/h12,14-17,22-23H,4-11H2,1-3H3/t12?,14-,15+,16+,17?,18+,19+,20?/m1/s1. The van der Waals surface area contributed by atoms with Crippen LogP contribution in [-0.4, -0.2) is 27.7 Å². The van der Waals surface area contributed by atoms with Crippen molar-refractivity contribution in [3.05, 3.63) is 0 Å². The van der Waals surface area contributed by atoms with Gasteiger partial charge in [0.05, 0.1) is 11.7 Å². The lowest BCUT2D eigenvalue weighted by atomic mass is 9.44. The van der Waals surface area contributed by atoms with Gasteiger partial charge in [0.2, 0.25) is 0 Å². The van der Waals surface area contributed by atoms with Crippen molar-refractivity contribution in [3.63, 3.8) is 0 Å². The molecule has 8 atom stereocenters. The molecule has 4 rings (SSSR count). The molecule has 3 unspecified atom stereocenters. The molecule has 0 bridgehead atoms. The second-order valence-corrected chi connectivity index (χ2v) is 9.75. The average molecular weight is 320 g/mol. The number of carbonyl (C=O) groups is 1. The molecule has 0 aromatic carbocycles. The highest BCUT2D eigenvalue weighted by atomic mass is 16.3. The van der Waals surface area contributed by atoms with E-state index in [9.17, 15) is 15.0 Å².